The zero-order chi connectivity index (χ0) is 12.1. The first-order valence-electron chi connectivity index (χ1n) is 5.65. The topological polar surface area (TPSA) is 49.3 Å². The third-order valence-corrected chi connectivity index (χ3v) is 2.60. The summed E-state index contributed by atoms with van der Waals surface area (Å²) in [6, 6.07) is 5.83. The zero-order valence-electron chi connectivity index (χ0n) is 10.1. The van der Waals surface area contributed by atoms with E-state index >= 15 is 0 Å². The van der Waals surface area contributed by atoms with Crippen LogP contribution < -0.4 is 5.32 Å². The summed E-state index contributed by atoms with van der Waals surface area (Å²) in [5, 5.41) is 12.3. The van der Waals surface area contributed by atoms with Gasteiger partial charge in [0.1, 0.15) is 0 Å². The molecule has 0 aliphatic heterocycles. The molecule has 0 aliphatic carbocycles. The maximum Gasteiger partial charge on any atom is 0.336 e. The largest absolute Gasteiger partial charge is 0.478 e. The van der Waals surface area contributed by atoms with Crippen LogP contribution >= 0.6 is 0 Å². The van der Waals surface area contributed by atoms with Gasteiger partial charge in [0.2, 0.25) is 0 Å². The molecule has 3 nitrogen and oxygen atoms in total. The number of hydrogen-bond acceptors (Lipinski definition) is 2. The van der Waals surface area contributed by atoms with Gasteiger partial charge in [-0.1, -0.05) is 19.4 Å². The van der Waals surface area contributed by atoms with Gasteiger partial charge in [0.05, 0.1) is 5.56 Å². The molecule has 0 saturated heterocycles. The van der Waals surface area contributed by atoms with Gasteiger partial charge in [-0.15, -0.1) is 0 Å². The number of carbonyl (C=O) groups is 1. The van der Waals surface area contributed by atoms with E-state index in [0.29, 0.717) is 11.6 Å². The first-order chi connectivity index (χ1) is 7.54. The lowest BCUT2D eigenvalue weighted by molar-refractivity contribution is 0.0696. The van der Waals surface area contributed by atoms with Gasteiger partial charge in [0.25, 0.3) is 0 Å². The predicted octanol–water partition coefficient (Wildman–Crippen LogP) is 3.29. The van der Waals surface area contributed by atoms with E-state index in [9.17, 15) is 4.79 Å². The number of nitrogens with one attached hydrogen (secondary N) is 1. The number of hydrogen-bond donors (Lipinski definition) is 2. The van der Waals surface area contributed by atoms with E-state index in [2.05, 4.69) is 19.2 Å². The molecular weight excluding hydrogens is 202 g/mol. The van der Waals surface area contributed by atoms with Gasteiger partial charge in [-0.3, -0.25) is 0 Å². The van der Waals surface area contributed by atoms with Crippen molar-refractivity contribution in [2.75, 3.05) is 5.32 Å². The maximum absolute atomic E-state index is 11.0. The number of carboxylic acids is 1. The predicted molar refractivity (Wildman–Crippen MR) is 66.1 cm³/mol. The van der Waals surface area contributed by atoms with Gasteiger partial charge in [-0.25, -0.2) is 4.79 Å². The molecule has 0 bridgehead atoms. The maximum atomic E-state index is 11.0. The normalized spacial score (nSPS) is 12.2. The number of carboxylic acid groups (broad SMARTS) is 1. The van der Waals surface area contributed by atoms with E-state index in [1.807, 2.05) is 19.1 Å². The molecule has 0 spiro atoms. The second-order valence-corrected chi connectivity index (χ2v) is 4.17. The second kappa shape index (κ2) is 5.54. The van der Waals surface area contributed by atoms with E-state index in [-0.39, 0.29) is 0 Å². The quantitative estimate of drug-likeness (QED) is 0.802. The average molecular weight is 221 g/mol. The van der Waals surface area contributed by atoms with Crippen LogP contribution in [0.2, 0.25) is 0 Å². The highest BCUT2D eigenvalue weighted by Gasteiger charge is 2.08. The first kappa shape index (κ1) is 12.6. The van der Waals surface area contributed by atoms with Crippen LogP contribution in [-0.4, -0.2) is 17.1 Å². The Kier molecular flexibility index (Phi) is 4.35. The molecule has 0 radical (unpaired) electrons. The Morgan fingerprint density at radius 1 is 1.50 bits per heavy atom. The van der Waals surface area contributed by atoms with E-state index < -0.39 is 5.97 Å². The Bertz CT molecular complexity index is 374. The molecule has 16 heavy (non-hydrogen) atoms. The van der Waals surface area contributed by atoms with E-state index in [4.69, 9.17) is 5.11 Å². The van der Waals surface area contributed by atoms with E-state index in [0.717, 1.165) is 24.1 Å². The molecule has 0 saturated carbocycles. The molecule has 1 aromatic carbocycles. The average Bonchev–Trinajstić information content (AvgIpc) is 2.21. The van der Waals surface area contributed by atoms with E-state index in [1.54, 1.807) is 6.07 Å². The van der Waals surface area contributed by atoms with Gasteiger partial charge in [0.15, 0.2) is 0 Å². The number of anilines is 1. The molecule has 0 heterocycles. The van der Waals surface area contributed by atoms with Crippen molar-refractivity contribution < 1.29 is 9.90 Å². The van der Waals surface area contributed by atoms with Crippen LogP contribution in [0.15, 0.2) is 18.2 Å². The molecule has 0 aliphatic rings. The molecular formula is C13H19NO2. The standard InChI is InChI=1S/C13H19NO2/c1-4-5-10(3)14-11-7-6-9(2)12(8-11)13(15)16/h6-8,10,14H,4-5H2,1-3H3,(H,15,16). The summed E-state index contributed by atoms with van der Waals surface area (Å²) >= 11 is 0. The minimum Gasteiger partial charge on any atom is -0.478 e. The third-order valence-electron chi connectivity index (χ3n) is 2.60. The highest BCUT2D eigenvalue weighted by atomic mass is 16.4. The number of aryl methyl sites for hydroxylation is 1. The minimum absolute atomic E-state index is 0.369. The SMILES string of the molecule is CCCC(C)Nc1ccc(C)c(C(=O)O)c1. The monoisotopic (exact) mass is 221 g/mol. The van der Waals surface area contributed by atoms with Crippen LogP contribution in [0.3, 0.4) is 0 Å². The van der Waals surface area contributed by atoms with Crippen molar-refractivity contribution in [2.45, 2.75) is 39.7 Å². The highest BCUT2D eigenvalue weighted by Crippen LogP contribution is 2.17. The lowest BCUT2D eigenvalue weighted by atomic mass is 10.1. The molecule has 0 fully saturated rings. The molecule has 88 valence electrons. The summed E-state index contributed by atoms with van der Waals surface area (Å²) in [7, 11) is 0. The summed E-state index contributed by atoms with van der Waals surface area (Å²) < 4.78 is 0. The van der Waals surface area contributed by atoms with Gasteiger partial charge < -0.3 is 10.4 Å². The molecule has 1 aromatic rings. The summed E-state index contributed by atoms with van der Waals surface area (Å²) in [6.07, 6.45) is 2.20. The fraction of sp³-hybridized carbons (Fsp3) is 0.462. The van der Waals surface area contributed by atoms with Crippen LogP contribution in [0.4, 0.5) is 5.69 Å². The molecule has 0 aromatic heterocycles. The molecule has 1 atom stereocenters. The van der Waals surface area contributed by atoms with E-state index in [1.165, 1.54) is 0 Å². The summed E-state index contributed by atoms with van der Waals surface area (Å²) in [6.45, 7) is 6.04. The summed E-state index contributed by atoms with van der Waals surface area (Å²) in [5.74, 6) is -0.871. The van der Waals surface area contributed by atoms with Crippen LogP contribution in [-0.2, 0) is 0 Å². The third kappa shape index (κ3) is 3.26. The lowest BCUT2D eigenvalue weighted by Gasteiger charge is -2.15. The van der Waals surface area contributed by atoms with Crippen LogP contribution in [0.1, 0.15) is 42.6 Å². The number of benzene rings is 1. The fourth-order valence-electron chi connectivity index (χ4n) is 1.73. The molecule has 2 N–H and O–H groups in total. The second-order valence-electron chi connectivity index (χ2n) is 4.17. The minimum atomic E-state index is -0.871. The highest BCUT2D eigenvalue weighted by molar-refractivity contribution is 5.90. The number of rotatable bonds is 5. The van der Waals surface area contributed by atoms with Gasteiger partial charge in [-0.2, -0.15) is 0 Å². The van der Waals surface area contributed by atoms with Crippen molar-refractivity contribution in [1.82, 2.24) is 0 Å². The van der Waals surface area contributed by atoms with Gasteiger partial charge >= 0.3 is 5.97 Å². The molecule has 1 rings (SSSR count). The lowest BCUT2D eigenvalue weighted by Crippen LogP contribution is -2.15. The molecule has 3 heteroatoms. The zero-order valence-corrected chi connectivity index (χ0v) is 10.1. The number of aromatic carboxylic acids is 1. The summed E-state index contributed by atoms with van der Waals surface area (Å²) in [4.78, 5) is 11.0. The first-order valence-corrected chi connectivity index (χ1v) is 5.65. The van der Waals surface area contributed by atoms with Gasteiger partial charge in [-0.05, 0) is 38.0 Å². The Balaban J connectivity index is 2.82. The van der Waals surface area contributed by atoms with Crippen molar-refractivity contribution in [3.63, 3.8) is 0 Å². The molecule has 0 amide bonds. The fourth-order valence-corrected chi connectivity index (χ4v) is 1.73. The van der Waals surface area contributed by atoms with Crippen LogP contribution in [0.5, 0.6) is 0 Å². The molecule has 1 unspecified atom stereocenters. The van der Waals surface area contributed by atoms with Crippen molar-refractivity contribution in [2.24, 2.45) is 0 Å². The van der Waals surface area contributed by atoms with Crippen LogP contribution in [0.25, 0.3) is 0 Å². The Labute approximate surface area is 96.5 Å². The Morgan fingerprint density at radius 3 is 2.75 bits per heavy atom. The Hall–Kier alpha value is -1.51. The van der Waals surface area contributed by atoms with Crippen molar-refractivity contribution in [3.05, 3.63) is 29.3 Å². The smallest absolute Gasteiger partial charge is 0.336 e. The van der Waals surface area contributed by atoms with Crippen LogP contribution in [0, 0.1) is 6.92 Å². The Morgan fingerprint density at radius 2 is 2.19 bits per heavy atom. The van der Waals surface area contributed by atoms with Gasteiger partial charge in [0, 0.05) is 11.7 Å². The van der Waals surface area contributed by atoms with Crippen molar-refractivity contribution in [1.29, 1.82) is 0 Å². The van der Waals surface area contributed by atoms with Crippen molar-refractivity contribution >= 4 is 11.7 Å². The summed E-state index contributed by atoms with van der Waals surface area (Å²) in [5.41, 5.74) is 2.04. The van der Waals surface area contributed by atoms with Crippen molar-refractivity contribution in [3.8, 4) is 0 Å².